The third kappa shape index (κ3) is 6.47. The summed E-state index contributed by atoms with van der Waals surface area (Å²) in [7, 11) is 0. The van der Waals surface area contributed by atoms with Crippen molar-refractivity contribution in [1.29, 1.82) is 0 Å². The standard InChI is InChI=1S/C27H31FN4O3/c1-3-12-29-26(33)23-8-7-22(16-24(23)28)34-15-4-5-20-10-13-32(14-11-20)27-30-17-21(18-31-27)25-9-6-19(2)35-25/h3,6-9,16-18,20H,1,4-5,10-15H2,2H3,(H,29,33). The first-order chi connectivity index (χ1) is 17.0. The Hall–Kier alpha value is -3.68. The first-order valence-electron chi connectivity index (χ1n) is 12.0. The fourth-order valence-corrected chi connectivity index (χ4v) is 4.21. The smallest absolute Gasteiger partial charge is 0.254 e. The number of nitrogens with one attached hydrogen (secondary N) is 1. The number of piperidine rings is 1. The maximum atomic E-state index is 14.2. The number of nitrogens with zero attached hydrogens (tertiary/aromatic N) is 3. The fraction of sp³-hybridized carbons (Fsp3) is 0.370. The highest BCUT2D eigenvalue weighted by Crippen LogP contribution is 2.26. The molecule has 35 heavy (non-hydrogen) atoms. The van der Waals surface area contributed by atoms with Gasteiger partial charge in [0.05, 0.1) is 17.7 Å². The predicted molar refractivity (Wildman–Crippen MR) is 133 cm³/mol. The second-order valence-electron chi connectivity index (χ2n) is 8.74. The average Bonchev–Trinajstić information content (AvgIpc) is 3.32. The van der Waals surface area contributed by atoms with Crippen LogP contribution in [0.5, 0.6) is 5.75 Å². The Kier molecular flexibility index (Phi) is 8.13. The van der Waals surface area contributed by atoms with Gasteiger partial charge in [-0.2, -0.15) is 0 Å². The zero-order valence-corrected chi connectivity index (χ0v) is 20.0. The zero-order valence-electron chi connectivity index (χ0n) is 20.0. The van der Waals surface area contributed by atoms with Gasteiger partial charge in [0.2, 0.25) is 5.95 Å². The molecule has 184 valence electrons. The Bertz CT molecular complexity index is 1140. The van der Waals surface area contributed by atoms with Crippen LogP contribution >= 0.6 is 0 Å². The van der Waals surface area contributed by atoms with Crippen molar-refractivity contribution < 1.29 is 18.3 Å². The van der Waals surface area contributed by atoms with Crippen LogP contribution < -0.4 is 15.0 Å². The van der Waals surface area contributed by atoms with Gasteiger partial charge in [-0.05, 0) is 62.8 Å². The number of ether oxygens (including phenoxy) is 1. The number of hydrogen-bond acceptors (Lipinski definition) is 6. The molecule has 2 aromatic heterocycles. The van der Waals surface area contributed by atoms with Gasteiger partial charge in [-0.1, -0.05) is 6.08 Å². The summed E-state index contributed by atoms with van der Waals surface area (Å²) < 4.78 is 25.6. The second kappa shape index (κ2) is 11.6. The van der Waals surface area contributed by atoms with E-state index in [0.717, 1.165) is 61.8 Å². The highest BCUT2D eigenvalue weighted by Gasteiger charge is 2.21. The van der Waals surface area contributed by atoms with Crippen LogP contribution in [-0.4, -0.2) is 42.1 Å². The zero-order chi connectivity index (χ0) is 24.6. The van der Waals surface area contributed by atoms with E-state index in [0.29, 0.717) is 24.8 Å². The van der Waals surface area contributed by atoms with Crippen molar-refractivity contribution in [3.05, 3.63) is 72.5 Å². The maximum absolute atomic E-state index is 14.2. The lowest BCUT2D eigenvalue weighted by molar-refractivity contribution is 0.0954. The molecule has 3 aromatic rings. The highest BCUT2D eigenvalue weighted by atomic mass is 19.1. The van der Waals surface area contributed by atoms with Crippen LogP contribution in [0.2, 0.25) is 0 Å². The number of anilines is 1. The summed E-state index contributed by atoms with van der Waals surface area (Å²) in [5, 5.41) is 2.57. The lowest BCUT2D eigenvalue weighted by atomic mass is 9.92. The number of benzene rings is 1. The summed E-state index contributed by atoms with van der Waals surface area (Å²) in [6.07, 6.45) is 9.26. The van der Waals surface area contributed by atoms with E-state index >= 15 is 0 Å². The molecule has 1 saturated heterocycles. The normalized spacial score (nSPS) is 14.1. The third-order valence-electron chi connectivity index (χ3n) is 6.18. The molecule has 0 radical (unpaired) electrons. The monoisotopic (exact) mass is 478 g/mol. The van der Waals surface area contributed by atoms with Gasteiger partial charge >= 0.3 is 0 Å². The summed E-state index contributed by atoms with van der Waals surface area (Å²) >= 11 is 0. The third-order valence-corrected chi connectivity index (χ3v) is 6.18. The molecule has 0 aliphatic carbocycles. The van der Waals surface area contributed by atoms with Crippen LogP contribution in [0.4, 0.5) is 10.3 Å². The molecule has 0 spiro atoms. The van der Waals surface area contributed by atoms with Crippen LogP contribution in [0, 0.1) is 18.7 Å². The Morgan fingerprint density at radius 1 is 1.26 bits per heavy atom. The average molecular weight is 479 g/mol. The minimum absolute atomic E-state index is 0.000595. The molecule has 0 unspecified atom stereocenters. The molecule has 1 aliphatic rings. The molecule has 1 aliphatic heterocycles. The number of aromatic nitrogens is 2. The van der Waals surface area contributed by atoms with Gasteiger partial charge in [0.1, 0.15) is 23.1 Å². The van der Waals surface area contributed by atoms with Crippen molar-refractivity contribution in [3.63, 3.8) is 0 Å². The van der Waals surface area contributed by atoms with E-state index in [-0.39, 0.29) is 5.56 Å². The van der Waals surface area contributed by atoms with Gasteiger partial charge in [-0.3, -0.25) is 4.79 Å². The summed E-state index contributed by atoms with van der Waals surface area (Å²) in [6.45, 7) is 8.09. The molecule has 1 fully saturated rings. The van der Waals surface area contributed by atoms with E-state index in [1.54, 1.807) is 12.1 Å². The minimum Gasteiger partial charge on any atom is -0.493 e. The summed E-state index contributed by atoms with van der Waals surface area (Å²) in [5.74, 6) is 2.40. The Balaban J connectivity index is 1.17. The Labute approximate surface area is 205 Å². The molecule has 0 saturated carbocycles. The van der Waals surface area contributed by atoms with Crippen molar-refractivity contribution in [1.82, 2.24) is 15.3 Å². The summed E-state index contributed by atoms with van der Waals surface area (Å²) in [4.78, 5) is 23.2. The van der Waals surface area contributed by atoms with E-state index < -0.39 is 11.7 Å². The molecule has 4 rings (SSSR count). The van der Waals surface area contributed by atoms with Gasteiger partial charge in [0.25, 0.3) is 5.91 Å². The van der Waals surface area contributed by atoms with Gasteiger partial charge in [-0.25, -0.2) is 14.4 Å². The van der Waals surface area contributed by atoms with Crippen molar-refractivity contribution in [2.75, 3.05) is 31.1 Å². The predicted octanol–water partition coefficient (Wildman–Crippen LogP) is 5.18. The molecule has 0 atom stereocenters. The lowest BCUT2D eigenvalue weighted by Crippen LogP contribution is -2.34. The van der Waals surface area contributed by atoms with Gasteiger partial charge in [0, 0.05) is 38.1 Å². The van der Waals surface area contributed by atoms with E-state index in [9.17, 15) is 9.18 Å². The number of hydrogen-bond donors (Lipinski definition) is 1. The first-order valence-corrected chi connectivity index (χ1v) is 12.0. The van der Waals surface area contributed by atoms with Gasteiger partial charge in [0.15, 0.2) is 0 Å². The molecule has 3 heterocycles. The van der Waals surface area contributed by atoms with Crippen molar-refractivity contribution in [2.45, 2.75) is 32.6 Å². The van der Waals surface area contributed by atoms with Crippen LogP contribution in [0.3, 0.4) is 0 Å². The van der Waals surface area contributed by atoms with E-state index in [1.807, 2.05) is 31.5 Å². The highest BCUT2D eigenvalue weighted by molar-refractivity contribution is 5.94. The number of carbonyl (C=O) groups is 1. The van der Waals surface area contributed by atoms with E-state index in [4.69, 9.17) is 9.15 Å². The number of furan rings is 1. The number of carbonyl (C=O) groups excluding carboxylic acids is 1. The number of halogens is 1. The van der Waals surface area contributed by atoms with Crippen LogP contribution in [0.15, 0.2) is 59.8 Å². The molecule has 0 bridgehead atoms. The maximum Gasteiger partial charge on any atom is 0.254 e. The molecule has 1 aromatic carbocycles. The lowest BCUT2D eigenvalue weighted by Gasteiger charge is -2.32. The molecule has 1 amide bonds. The quantitative estimate of drug-likeness (QED) is 0.320. The molecule has 1 N–H and O–H groups in total. The van der Waals surface area contributed by atoms with Gasteiger partial charge < -0.3 is 19.4 Å². The van der Waals surface area contributed by atoms with E-state index in [1.165, 1.54) is 12.1 Å². The minimum atomic E-state index is -0.592. The molecular weight excluding hydrogens is 447 g/mol. The van der Waals surface area contributed by atoms with Crippen LogP contribution in [-0.2, 0) is 0 Å². The van der Waals surface area contributed by atoms with Crippen molar-refractivity contribution in [2.24, 2.45) is 5.92 Å². The summed E-state index contributed by atoms with van der Waals surface area (Å²) in [5.41, 5.74) is 0.878. The number of aryl methyl sites for hydroxylation is 1. The SMILES string of the molecule is C=CCNC(=O)c1ccc(OCCCC2CCN(c3ncc(-c4ccc(C)o4)cn3)CC2)cc1F. The number of rotatable bonds is 10. The molecule has 7 nitrogen and oxygen atoms in total. The van der Waals surface area contributed by atoms with Crippen LogP contribution in [0.1, 0.15) is 41.8 Å². The fourth-order valence-electron chi connectivity index (χ4n) is 4.21. The van der Waals surface area contributed by atoms with E-state index in [2.05, 4.69) is 26.8 Å². The van der Waals surface area contributed by atoms with Gasteiger partial charge in [-0.15, -0.1) is 6.58 Å². The topological polar surface area (TPSA) is 80.5 Å². The molecule has 8 heteroatoms. The van der Waals surface area contributed by atoms with Crippen molar-refractivity contribution in [3.8, 4) is 17.1 Å². The Morgan fingerprint density at radius 3 is 2.69 bits per heavy atom. The summed E-state index contributed by atoms with van der Waals surface area (Å²) in [6, 6.07) is 8.20. The first kappa shape index (κ1) is 24.4. The number of amides is 1. The molecular formula is C27H31FN4O3. The Morgan fingerprint density at radius 2 is 2.03 bits per heavy atom. The van der Waals surface area contributed by atoms with Crippen molar-refractivity contribution >= 4 is 11.9 Å². The largest absolute Gasteiger partial charge is 0.493 e. The van der Waals surface area contributed by atoms with Crippen LogP contribution in [0.25, 0.3) is 11.3 Å². The second-order valence-corrected chi connectivity index (χ2v) is 8.74.